The van der Waals surface area contributed by atoms with Crippen molar-refractivity contribution >= 4 is 11.4 Å². The van der Waals surface area contributed by atoms with Crippen molar-refractivity contribution in [2.24, 2.45) is 0 Å². The summed E-state index contributed by atoms with van der Waals surface area (Å²) in [7, 11) is 0. The third-order valence-corrected chi connectivity index (χ3v) is 3.74. The third-order valence-electron chi connectivity index (χ3n) is 3.74. The van der Waals surface area contributed by atoms with Gasteiger partial charge in [0.25, 0.3) is 0 Å². The summed E-state index contributed by atoms with van der Waals surface area (Å²) in [5, 5.41) is 7.32. The Kier molecular flexibility index (Phi) is 4.91. The summed E-state index contributed by atoms with van der Waals surface area (Å²) in [5.74, 6) is 0. The highest BCUT2D eigenvalue weighted by Gasteiger charge is 2.18. The molecule has 1 atom stereocenters. The third kappa shape index (κ3) is 3.18. The van der Waals surface area contributed by atoms with Crippen LogP contribution in [0.1, 0.15) is 51.5 Å². The summed E-state index contributed by atoms with van der Waals surface area (Å²) < 4.78 is 0. The SMILES string of the molecule is CCCCc1cccc2c1NCC(CCCC)N2. The molecular weight excluding hydrogens is 220 g/mol. The first-order valence-electron chi connectivity index (χ1n) is 7.47. The van der Waals surface area contributed by atoms with Gasteiger partial charge in [-0.1, -0.05) is 45.2 Å². The van der Waals surface area contributed by atoms with E-state index in [1.165, 1.54) is 55.5 Å². The van der Waals surface area contributed by atoms with Gasteiger partial charge in [-0.05, 0) is 30.9 Å². The number of para-hydroxylation sites is 1. The van der Waals surface area contributed by atoms with E-state index in [9.17, 15) is 0 Å². The average Bonchev–Trinajstić information content (AvgIpc) is 2.42. The van der Waals surface area contributed by atoms with Crippen LogP contribution in [0, 0.1) is 0 Å². The highest BCUT2D eigenvalue weighted by molar-refractivity contribution is 5.74. The van der Waals surface area contributed by atoms with Crippen LogP contribution in [0.15, 0.2) is 18.2 Å². The molecule has 0 aliphatic carbocycles. The van der Waals surface area contributed by atoms with Crippen molar-refractivity contribution in [3.8, 4) is 0 Å². The molecular formula is C16H26N2. The first-order valence-corrected chi connectivity index (χ1v) is 7.47. The monoisotopic (exact) mass is 246 g/mol. The van der Waals surface area contributed by atoms with Crippen molar-refractivity contribution in [2.75, 3.05) is 17.2 Å². The molecule has 2 heteroatoms. The molecule has 1 aliphatic heterocycles. The summed E-state index contributed by atoms with van der Waals surface area (Å²) in [5.41, 5.74) is 4.12. The van der Waals surface area contributed by atoms with Gasteiger partial charge in [-0.3, -0.25) is 0 Å². The average molecular weight is 246 g/mol. The summed E-state index contributed by atoms with van der Waals surface area (Å²) in [6, 6.07) is 7.24. The van der Waals surface area contributed by atoms with E-state index in [0.29, 0.717) is 6.04 Å². The first kappa shape index (κ1) is 13.3. The predicted octanol–water partition coefficient (Wildman–Crippen LogP) is 4.43. The minimum absolute atomic E-state index is 0.596. The Bertz CT molecular complexity index is 373. The molecule has 0 saturated heterocycles. The molecule has 0 radical (unpaired) electrons. The Balaban J connectivity index is 2.04. The van der Waals surface area contributed by atoms with Crippen molar-refractivity contribution in [1.29, 1.82) is 0 Å². The van der Waals surface area contributed by atoms with Gasteiger partial charge in [0.1, 0.15) is 0 Å². The first-order chi connectivity index (χ1) is 8.85. The molecule has 0 bridgehead atoms. The molecule has 1 aliphatic rings. The van der Waals surface area contributed by atoms with Gasteiger partial charge in [0.2, 0.25) is 0 Å². The maximum absolute atomic E-state index is 3.69. The van der Waals surface area contributed by atoms with E-state index in [1.807, 2.05) is 0 Å². The van der Waals surface area contributed by atoms with Crippen molar-refractivity contribution < 1.29 is 0 Å². The van der Waals surface area contributed by atoms with Crippen molar-refractivity contribution in [3.63, 3.8) is 0 Å². The molecule has 0 aromatic heterocycles. The zero-order valence-corrected chi connectivity index (χ0v) is 11.8. The molecule has 0 fully saturated rings. The van der Waals surface area contributed by atoms with E-state index in [1.54, 1.807) is 0 Å². The van der Waals surface area contributed by atoms with Gasteiger partial charge in [0.15, 0.2) is 0 Å². The Labute approximate surface area is 111 Å². The molecule has 1 aromatic rings. The maximum atomic E-state index is 3.69. The van der Waals surface area contributed by atoms with Crippen LogP contribution in [0.25, 0.3) is 0 Å². The minimum Gasteiger partial charge on any atom is -0.381 e. The lowest BCUT2D eigenvalue weighted by atomic mass is 10.0. The minimum atomic E-state index is 0.596. The van der Waals surface area contributed by atoms with Gasteiger partial charge in [-0.15, -0.1) is 0 Å². The fourth-order valence-electron chi connectivity index (χ4n) is 2.63. The lowest BCUT2D eigenvalue weighted by molar-refractivity contribution is 0.619. The van der Waals surface area contributed by atoms with Gasteiger partial charge in [-0.2, -0.15) is 0 Å². The largest absolute Gasteiger partial charge is 0.381 e. The fraction of sp³-hybridized carbons (Fsp3) is 0.625. The van der Waals surface area contributed by atoms with Crippen molar-refractivity contribution in [2.45, 2.75) is 58.4 Å². The Hall–Kier alpha value is -1.18. The second-order valence-corrected chi connectivity index (χ2v) is 5.31. The van der Waals surface area contributed by atoms with Crippen LogP contribution in [0.2, 0.25) is 0 Å². The van der Waals surface area contributed by atoms with Crippen LogP contribution < -0.4 is 10.6 Å². The molecule has 2 nitrogen and oxygen atoms in total. The topological polar surface area (TPSA) is 24.1 Å². The molecule has 0 saturated carbocycles. The maximum Gasteiger partial charge on any atom is 0.0609 e. The van der Waals surface area contributed by atoms with Crippen LogP contribution in [0.5, 0.6) is 0 Å². The molecule has 1 unspecified atom stereocenters. The van der Waals surface area contributed by atoms with Gasteiger partial charge >= 0.3 is 0 Å². The van der Waals surface area contributed by atoms with E-state index in [2.05, 4.69) is 42.7 Å². The van der Waals surface area contributed by atoms with Crippen molar-refractivity contribution in [1.82, 2.24) is 0 Å². The van der Waals surface area contributed by atoms with E-state index in [0.717, 1.165) is 6.54 Å². The molecule has 2 rings (SSSR count). The fourth-order valence-corrected chi connectivity index (χ4v) is 2.63. The lowest BCUT2D eigenvalue weighted by Gasteiger charge is -2.30. The highest BCUT2D eigenvalue weighted by Crippen LogP contribution is 2.31. The van der Waals surface area contributed by atoms with Crippen LogP contribution in [0.4, 0.5) is 11.4 Å². The van der Waals surface area contributed by atoms with Crippen LogP contribution >= 0.6 is 0 Å². The molecule has 0 amide bonds. The standard InChI is InChI=1S/C16H26N2/c1-3-5-8-13-9-7-11-15-16(13)17-12-14(18-15)10-6-4-2/h7,9,11,14,17-18H,3-6,8,10,12H2,1-2H3. The smallest absolute Gasteiger partial charge is 0.0609 e. The zero-order valence-electron chi connectivity index (χ0n) is 11.8. The number of aryl methyl sites for hydroxylation is 1. The van der Waals surface area contributed by atoms with Crippen molar-refractivity contribution in [3.05, 3.63) is 23.8 Å². The Morgan fingerprint density at radius 1 is 1.17 bits per heavy atom. The normalized spacial score (nSPS) is 17.8. The van der Waals surface area contributed by atoms with Crippen LogP contribution in [-0.2, 0) is 6.42 Å². The predicted molar refractivity (Wildman–Crippen MR) is 80.5 cm³/mol. The van der Waals surface area contributed by atoms with Gasteiger partial charge in [0, 0.05) is 12.6 Å². The second-order valence-electron chi connectivity index (χ2n) is 5.31. The van der Waals surface area contributed by atoms with Crippen LogP contribution in [-0.4, -0.2) is 12.6 Å². The zero-order chi connectivity index (χ0) is 12.8. The summed E-state index contributed by atoms with van der Waals surface area (Å²) >= 11 is 0. The lowest BCUT2D eigenvalue weighted by Crippen LogP contribution is -2.33. The number of nitrogens with one attached hydrogen (secondary N) is 2. The van der Waals surface area contributed by atoms with E-state index in [-0.39, 0.29) is 0 Å². The number of anilines is 2. The summed E-state index contributed by atoms with van der Waals surface area (Å²) in [4.78, 5) is 0. The quantitative estimate of drug-likeness (QED) is 0.776. The molecule has 0 spiro atoms. The van der Waals surface area contributed by atoms with Gasteiger partial charge < -0.3 is 10.6 Å². The number of hydrogen-bond acceptors (Lipinski definition) is 2. The number of unbranched alkanes of at least 4 members (excludes halogenated alkanes) is 2. The van der Waals surface area contributed by atoms with Gasteiger partial charge in [0.05, 0.1) is 11.4 Å². The second kappa shape index (κ2) is 6.67. The van der Waals surface area contributed by atoms with Crippen LogP contribution in [0.3, 0.4) is 0 Å². The van der Waals surface area contributed by atoms with E-state index >= 15 is 0 Å². The number of fused-ring (bicyclic) bond motifs is 1. The number of rotatable bonds is 6. The molecule has 2 N–H and O–H groups in total. The highest BCUT2D eigenvalue weighted by atomic mass is 15.1. The summed E-state index contributed by atoms with van der Waals surface area (Å²) in [6.45, 7) is 5.57. The number of hydrogen-bond donors (Lipinski definition) is 2. The molecule has 18 heavy (non-hydrogen) atoms. The Morgan fingerprint density at radius 3 is 2.78 bits per heavy atom. The van der Waals surface area contributed by atoms with E-state index in [4.69, 9.17) is 0 Å². The molecule has 1 aromatic carbocycles. The van der Waals surface area contributed by atoms with Gasteiger partial charge in [-0.25, -0.2) is 0 Å². The number of benzene rings is 1. The van der Waals surface area contributed by atoms with E-state index < -0.39 is 0 Å². The molecule has 100 valence electrons. The summed E-state index contributed by atoms with van der Waals surface area (Å²) in [6.07, 6.45) is 7.58. The molecule has 1 heterocycles. The Morgan fingerprint density at radius 2 is 2.00 bits per heavy atom.